The van der Waals surface area contributed by atoms with Crippen molar-refractivity contribution in [1.29, 1.82) is 0 Å². The monoisotopic (exact) mass is 352 g/mol. The van der Waals surface area contributed by atoms with Crippen molar-refractivity contribution in [2.24, 2.45) is 0 Å². The molecule has 0 atom stereocenters. The highest BCUT2D eigenvalue weighted by atomic mass is 32.3. The Labute approximate surface area is 139 Å². The molecule has 0 amide bonds. The van der Waals surface area contributed by atoms with E-state index in [1.807, 2.05) is 18.2 Å². The fourth-order valence-corrected chi connectivity index (χ4v) is 1.99. The summed E-state index contributed by atoms with van der Waals surface area (Å²) in [6, 6.07) is 7.67. The van der Waals surface area contributed by atoms with Gasteiger partial charge in [-0.15, -0.1) is 0 Å². The smallest absolute Gasteiger partial charge is 0.118 e. The fraction of sp³-hybridized carbons (Fsp3) is 0.600. The second-order valence-electron chi connectivity index (χ2n) is 4.91. The number of aromatic hydroxyl groups is 1. The van der Waals surface area contributed by atoms with Crippen molar-refractivity contribution < 1.29 is 22.6 Å². The number of benzene rings is 1. The van der Waals surface area contributed by atoms with Crippen LogP contribution in [0.3, 0.4) is 0 Å². The normalized spacial score (nSPS) is 9.87. The van der Waals surface area contributed by atoms with Crippen LogP contribution in [0.25, 0.3) is 0 Å². The molecule has 0 bridgehead atoms. The minimum atomic E-state index is -5.17. The first-order chi connectivity index (χ1) is 9.84. The van der Waals surface area contributed by atoms with Crippen molar-refractivity contribution in [3.63, 3.8) is 0 Å². The van der Waals surface area contributed by atoms with E-state index in [9.17, 15) is 5.11 Å². The number of para-hydroxylation sites is 1. The van der Waals surface area contributed by atoms with E-state index in [1.165, 1.54) is 44.9 Å². The number of phenols is 1. The highest BCUT2D eigenvalue weighted by Gasteiger charge is 1.98. The van der Waals surface area contributed by atoms with Crippen LogP contribution >= 0.6 is 0 Å². The van der Waals surface area contributed by atoms with Crippen LogP contribution in [0, 0.1) is 0 Å². The molecule has 8 heteroatoms. The summed E-state index contributed by atoms with van der Waals surface area (Å²) in [5.74, 6) is 0.452. The van der Waals surface area contributed by atoms with Crippen LogP contribution in [-0.4, -0.2) is 22.6 Å². The molecule has 9 N–H and O–H groups in total. The number of hydrogen-bond acceptors (Lipinski definition) is 5. The molecule has 138 valence electrons. The topological polar surface area (TPSA) is 173 Å². The molecule has 1 aromatic carbocycles. The summed E-state index contributed by atoms with van der Waals surface area (Å²) in [5, 5.41) is 9.58. The summed E-state index contributed by atoms with van der Waals surface area (Å²) in [7, 11) is -5.17. The Bertz CT molecular complexity index is 473. The molecule has 0 radical (unpaired) electrons. The number of hydrogen-bond donors (Lipinski definition) is 3. The third-order valence-electron chi connectivity index (χ3n) is 3.04. The molecular formula is C15H32N2O5S. The summed E-state index contributed by atoms with van der Waals surface area (Å²) in [6.45, 7) is 2.25. The third-order valence-corrected chi connectivity index (χ3v) is 3.04. The predicted molar refractivity (Wildman–Crippen MR) is 92.2 cm³/mol. The van der Waals surface area contributed by atoms with Gasteiger partial charge in [0.1, 0.15) is 5.75 Å². The van der Waals surface area contributed by atoms with Gasteiger partial charge in [-0.2, -0.15) is 0 Å². The molecule has 0 unspecified atom stereocenters. The van der Waals surface area contributed by atoms with Gasteiger partial charge in [-0.05, 0) is 24.5 Å². The number of aryl methyl sites for hydroxylation is 1. The van der Waals surface area contributed by atoms with Crippen LogP contribution in [0.4, 0.5) is 0 Å². The second-order valence-corrected chi connectivity index (χ2v) is 5.72. The van der Waals surface area contributed by atoms with Crippen molar-refractivity contribution in [1.82, 2.24) is 12.3 Å². The van der Waals surface area contributed by atoms with Gasteiger partial charge in [0.15, 0.2) is 0 Å². The zero-order valence-corrected chi connectivity index (χ0v) is 15.3. The Kier molecular flexibility index (Phi) is 18.2. The molecule has 0 saturated heterocycles. The Balaban J connectivity index is -0.000000502. The van der Waals surface area contributed by atoms with E-state index < -0.39 is 10.4 Å². The predicted octanol–water partition coefficient (Wildman–Crippen LogP) is 4.10. The number of rotatable bonds is 8. The van der Waals surface area contributed by atoms with E-state index in [4.69, 9.17) is 17.5 Å². The summed E-state index contributed by atoms with van der Waals surface area (Å²) >= 11 is 0. The molecule has 1 rings (SSSR count). The van der Waals surface area contributed by atoms with E-state index in [-0.39, 0.29) is 12.3 Å². The molecule has 0 fully saturated rings. The van der Waals surface area contributed by atoms with E-state index in [1.54, 1.807) is 6.07 Å². The first-order valence-corrected chi connectivity index (χ1v) is 8.61. The Morgan fingerprint density at radius 2 is 1.35 bits per heavy atom. The van der Waals surface area contributed by atoms with Crippen LogP contribution in [0.2, 0.25) is 0 Å². The highest BCUT2D eigenvalue weighted by Crippen LogP contribution is 2.18. The van der Waals surface area contributed by atoms with Gasteiger partial charge in [-0.1, -0.05) is 63.6 Å². The summed E-state index contributed by atoms with van der Waals surface area (Å²) in [6.07, 6.45) is 10.3. The molecule has 0 heterocycles. The number of unbranched alkanes of at least 4 members (excludes halogenated alkanes) is 6. The third kappa shape index (κ3) is 20.8. The van der Waals surface area contributed by atoms with Gasteiger partial charge in [0.2, 0.25) is 0 Å². The molecule has 7 nitrogen and oxygen atoms in total. The van der Waals surface area contributed by atoms with Gasteiger partial charge in [0, 0.05) is 10.4 Å². The molecule has 1 aromatic rings. The van der Waals surface area contributed by atoms with Crippen LogP contribution in [0.1, 0.15) is 57.4 Å². The van der Waals surface area contributed by atoms with Gasteiger partial charge in [0.05, 0.1) is 0 Å². The zero-order valence-electron chi connectivity index (χ0n) is 14.5. The molecule has 0 saturated carbocycles. The second kappa shape index (κ2) is 15.7. The first kappa shape index (κ1) is 26.7. The lowest BCUT2D eigenvalue weighted by atomic mass is 10.0. The van der Waals surface area contributed by atoms with E-state index >= 15 is 0 Å². The minimum Gasteiger partial charge on any atom is -0.759 e. The summed E-state index contributed by atoms with van der Waals surface area (Å²) in [5.41, 5.74) is 1.09. The van der Waals surface area contributed by atoms with Crippen LogP contribution in [-0.2, 0) is 16.8 Å². The van der Waals surface area contributed by atoms with Crippen LogP contribution in [0.5, 0.6) is 5.75 Å². The average molecular weight is 352 g/mol. The molecule has 0 aliphatic carbocycles. The average Bonchev–Trinajstić information content (AvgIpc) is 2.38. The molecule has 23 heavy (non-hydrogen) atoms. The van der Waals surface area contributed by atoms with Gasteiger partial charge >= 0.3 is 0 Å². The maximum Gasteiger partial charge on any atom is 0.118 e. The van der Waals surface area contributed by atoms with Gasteiger partial charge in [-0.25, -0.2) is 0 Å². The Hall–Kier alpha value is -1.19. The first-order valence-electron chi connectivity index (χ1n) is 7.28. The van der Waals surface area contributed by atoms with Crippen molar-refractivity contribution in [3.05, 3.63) is 29.8 Å². The number of quaternary nitrogens is 2. The largest absolute Gasteiger partial charge is 0.759 e. The quantitative estimate of drug-likeness (QED) is 0.362. The van der Waals surface area contributed by atoms with E-state index in [0.717, 1.165) is 12.0 Å². The minimum absolute atomic E-state index is 0. The van der Waals surface area contributed by atoms with Gasteiger partial charge in [0.25, 0.3) is 0 Å². The highest BCUT2D eigenvalue weighted by molar-refractivity contribution is 7.79. The molecule has 0 aromatic heterocycles. The Morgan fingerprint density at radius 3 is 1.83 bits per heavy atom. The summed E-state index contributed by atoms with van der Waals surface area (Å²) in [4.78, 5) is 0. The lowest BCUT2D eigenvalue weighted by Crippen LogP contribution is -1.91. The van der Waals surface area contributed by atoms with E-state index in [2.05, 4.69) is 6.92 Å². The number of phenolic OH excluding ortho intramolecular Hbond substituents is 1. The fourth-order valence-electron chi connectivity index (χ4n) is 1.99. The van der Waals surface area contributed by atoms with Gasteiger partial charge in [-0.3, -0.25) is 8.42 Å². The lowest BCUT2D eigenvalue weighted by Gasteiger charge is -2.06. The maximum absolute atomic E-state index is 9.58. The van der Waals surface area contributed by atoms with Crippen LogP contribution < -0.4 is 12.3 Å². The molecule has 0 spiro atoms. The van der Waals surface area contributed by atoms with Crippen molar-refractivity contribution in [3.8, 4) is 5.75 Å². The maximum atomic E-state index is 9.58. The molecular weight excluding hydrogens is 320 g/mol. The SMILES string of the molecule is CCCCCCCCCc1ccccc1O.O=S(=O)([O-])[O-].[NH4+].[NH4+]. The molecule has 0 aliphatic rings. The molecule has 0 aliphatic heterocycles. The lowest BCUT2D eigenvalue weighted by molar-refractivity contribution is 0.352. The van der Waals surface area contributed by atoms with Crippen molar-refractivity contribution in [2.45, 2.75) is 58.3 Å². The Morgan fingerprint density at radius 1 is 0.913 bits per heavy atom. The van der Waals surface area contributed by atoms with E-state index in [0.29, 0.717) is 5.75 Å². The van der Waals surface area contributed by atoms with Crippen molar-refractivity contribution >= 4 is 10.4 Å². The van der Waals surface area contributed by atoms with Gasteiger partial charge < -0.3 is 26.5 Å². The van der Waals surface area contributed by atoms with Crippen molar-refractivity contribution in [2.75, 3.05) is 0 Å². The standard InChI is InChI=1S/C15H24O.2H3N.H2O4S/c1-2-3-4-5-6-7-8-11-14-12-9-10-13-15(14)16;;;1-5(2,3)4/h9-10,12-13,16H,2-8,11H2,1H3;2*1H3;(H2,1,2,3,4). The van der Waals surface area contributed by atoms with Crippen LogP contribution in [0.15, 0.2) is 24.3 Å². The summed E-state index contributed by atoms with van der Waals surface area (Å²) < 4.78 is 34.1. The zero-order chi connectivity index (χ0) is 16.1.